The molecule has 0 unspecified atom stereocenters. The van der Waals surface area contributed by atoms with Gasteiger partial charge in [-0.2, -0.15) is 5.26 Å². The molecule has 1 aromatic heterocycles. The zero-order valence-corrected chi connectivity index (χ0v) is 9.59. The van der Waals surface area contributed by atoms with Gasteiger partial charge in [0.25, 0.3) is 5.91 Å². The Balaban J connectivity index is 1.89. The van der Waals surface area contributed by atoms with Crippen LogP contribution in [0.1, 0.15) is 21.6 Å². The highest BCUT2D eigenvalue weighted by Crippen LogP contribution is 2.04. The summed E-state index contributed by atoms with van der Waals surface area (Å²) in [5, 5.41) is 11.5. The average Bonchev–Trinajstić information content (AvgIpc) is 2.92. The second kappa shape index (κ2) is 5.64. The highest BCUT2D eigenvalue weighted by Gasteiger charge is 2.05. The van der Waals surface area contributed by atoms with Gasteiger partial charge in [-0.3, -0.25) is 4.79 Å². The van der Waals surface area contributed by atoms with Gasteiger partial charge >= 0.3 is 0 Å². The molecular weight excluding hydrogens is 230 g/mol. The summed E-state index contributed by atoms with van der Waals surface area (Å²) in [7, 11) is 0. The van der Waals surface area contributed by atoms with Crippen LogP contribution < -0.4 is 5.32 Å². The molecule has 0 radical (unpaired) electrons. The van der Waals surface area contributed by atoms with Crippen molar-refractivity contribution >= 4 is 5.91 Å². The Labute approximate surface area is 104 Å². The summed E-state index contributed by atoms with van der Waals surface area (Å²) in [6.45, 7) is 0.474. The molecule has 0 aliphatic rings. The van der Waals surface area contributed by atoms with Crippen molar-refractivity contribution in [2.45, 2.75) is 6.42 Å². The van der Waals surface area contributed by atoms with Gasteiger partial charge < -0.3 is 9.73 Å². The standard InChI is InChI=1S/C13H11N3O2/c14-7-10-2-1-3-11(6-10)13(17)15-5-4-12-8-18-9-16-12/h1-3,6,8-9H,4-5H2,(H,15,17). The van der Waals surface area contributed by atoms with Crippen LogP contribution in [0.15, 0.2) is 41.3 Å². The molecule has 0 atom stereocenters. The summed E-state index contributed by atoms with van der Waals surface area (Å²) >= 11 is 0. The molecule has 0 aliphatic carbocycles. The number of carbonyl (C=O) groups is 1. The zero-order chi connectivity index (χ0) is 12.8. The summed E-state index contributed by atoms with van der Waals surface area (Å²) in [6.07, 6.45) is 3.51. The number of carbonyl (C=O) groups excluding carboxylic acids is 1. The number of nitrogens with zero attached hydrogens (tertiary/aromatic N) is 2. The first-order chi connectivity index (χ1) is 8.79. The van der Waals surface area contributed by atoms with Crippen LogP contribution >= 0.6 is 0 Å². The number of benzene rings is 1. The third kappa shape index (κ3) is 2.95. The fourth-order valence-electron chi connectivity index (χ4n) is 1.50. The van der Waals surface area contributed by atoms with E-state index in [2.05, 4.69) is 10.3 Å². The van der Waals surface area contributed by atoms with Gasteiger partial charge in [-0.15, -0.1) is 0 Å². The van der Waals surface area contributed by atoms with Crippen molar-refractivity contribution in [1.29, 1.82) is 5.26 Å². The number of oxazole rings is 1. The van der Waals surface area contributed by atoms with E-state index in [0.717, 1.165) is 5.69 Å². The van der Waals surface area contributed by atoms with Crippen LogP contribution in [0, 0.1) is 11.3 Å². The number of nitriles is 1. The van der Waals surface area contributed by atoms with Gasteiger partial charge in [-0.05, 0) is 18.2 Å². The fourth-order valence-corrected chi connectivity index (χ4v) is 1.50. The van der Waals surface area contributed by atoms with Crippen molar-refractivity contribution in [1.82, 2.24) is 10.3 Å². The average molecular weight is 241 g/mol. The summed E-state index contributed by atoms with van der Waals surface area (Å²) in [5.74, 6) is -0.199. The molecule has 5 heteroatoms. The van der Waals surface area contributed by atoms with E-state index in [1.54, 1.807) is 30.5 Å². The maximum absolute atomic E-state index is 11.8. The first-order valence-corrected chi connectivity index (χ1v) is 5.45. The predicted molar refractivity (Wildman–Crippen MR) is 63.7 cm³/mol. The van der Waals surface area contributed by atoms with E-state index in [9.17, 15) is 4.79 Å². The molecular formula is C13H11N3O2. The summed E-state index contributed by atoms with van der Waals surface area (Å²) in [4.78, 5) is 15.7. The smallest absolute Gasteiger partial charge is 0.251 e. The molecule has 1 amide bonds. The molecule has 1 aromatic carbocycles. The number of nitrogens with one attached hydrogen (secondary N) is 1. The Kier molecular flexibility index (Phi) is 3.72. The first kappa shape index (κ1) is 11.9. The Morgan fingerprint density at radius 2 is 2.39 bits per heavy atom. The third-order valence-corrected chi connectivity index (χ3v) is 2.40. The fraction of sp³-hybridized carbons (Fsp3) is 0.154. The Bertz CT molecular complexity index is 570. The number of hydrogen-bond donors (Lipinski definition) is 1. The minimum atomic E-state index is -0.199. The molecule has 2 aromatic rings. The van der Waals surface area contributed by atoms with Gasteiger partial charge in [0.15, 0.2) is 6.39 Å². The zero-order valence-electron chi connectivity index (χ0n) is 9.59. The van der Waals surface area contributed by atoms with E-state index < -0.39 is 0 Å². The van der Waals surface area contributed by atoms with Gasteiger partial charge in [-0.25, -0.2) is 4.98 Å². The quantitative estimate of drug-likeness (QED) is 0.880. The van der Waals surface area contributed by atoms with E-state index in [1.807, 2.05) is 6.07 Å². The van der Waals surface area contributed by atoms with Crippen LogP contribution in [-0.4, -0.2) is 17.4 Å². The molecule has 0 saturated heterocycles. The van der Waals surface area contributed by atoms with Crippen LogP contribution in [0.5, 0.6) is 0 Å². The van der Waals surface area contributed by atoms with Crippen molar-refractivity contribution < 1.29 is 9.21 Å². The minimum absolute atomic E-state index is 0.199. The van der Waals surface area contributed by atoms with Gasteiger partial charge in [0, 0.05) is 18.5 Å². The topological polar surface area (TPSA) is 78.9 Å². The molecule has 1 heterocycles. The molecule has 5 nitrogen and oxygen atoms in total. The van der Waals surface area contributed by atoms with Crippen LogP contribution in [0.3, 0.4) is 0 Å². The van der Waals surface area contributed by atoms with Gasteiger partial charge in [0.1, 0.15) is 6.26 Å². The maximum atomic E-state index is 11.8. The Hall–Kier alpha value is -2.61. The maximum Gasteiger partial charge on any atom is 0.251 e. The highest BCUT2D eigenvalue weighted by atomic mass is 16.3. The highest BCUT2D eigenvalue weighted by molar-refractivity contribution is 5.94. The van der Waals surface area contributed by atoms with Gasteiger partial charge in [0.05, 0.1) is 17.3 Å². The van der Waals surface area contributed by atoms with Crippen LogP contribution in [0.25, 0.3) is 0 Å². The summed E-state index contributed by atoms with van der Waals surface area (Å²) in [5.41, 5.74) is 1.74. The van der Waals surface area contributed by atoms with Crippen LogP contribution in [-0.2, 0) is 6.42 Å². The van der Waals surface area contributed by atoms with Gasteiger partial charge in [0.2, 0.25) is 0 Å². The lowest BCUT2D eigenvalue weighted by atomic mass is 10.1. The molecule has 0 aliphatic heterocycles. The second-order valence-corrected chi connectivity index (χ2v) is 3.68. The minimum Gasteiger partial charge on any atom is -0.451 e. The first-order valence-electron chi connectivity index (χ1n) is 5.45. The predicted octanol–water partition coefficient (Wildman–Crippen LogP) is 1.52. The Morgan fingerprint density at radius 1 is 1.50 bits per heavy atom. The Morgan fingerprint density at radius 3 is 3.11 bits per heavy atom. The normalized spacial score (nSPS) is 9.72. The van der Waals surface area contributed by atoms with Crippen molar-refractivity contribution in [3.05, 3.63) is 53.7 Å². The van der Waals surface area contributed by atoms with E-state index in [0.29, 0.717) is 24.1 Å². The molecule has 18 heavy (non-hydrogen) atoms. The van der Waals surface area contributed by atoms with Crippen molar-refractivity contribution in [2.24, 2.45) is 0 Å². The number of amides is 1. The number of rotatable bonds is 4. The number of hydrogen-bond acceptors (Lipinski definition) is 4. The lowest BCUT2D eigenvalue weighted by Gasteiger charge is -2.03. The van der Waals surface area contributed by atoms with Crippen molar-refractivity contribution in [2.75, 3.05) is 6.54 Å². The molecule has 90 valence electrons. The molecule has 1 N–H and O–H groups in total. The van der Waals surface area contributed by atoms with Crippen molar-refractivity contribution in [3.63, 3.8) is 0 Å². The largest absolute Gasteiger partial charge is 0.451 e. The van der Waals surface area contributed by atoms with E-state index in [4.69, 9.17) is 9.68 Å². The number of aromatic nitrogens is 1. The molecule has 0 bridgehead atoms. The summed E-state index contributed by atoms with van der Waals surface area (Å²) < 4.78 is 4.83. The second-order valence-electron chi connectivity index (χ2n) is 3.68. The van der Waals surface area contributed by atoms with E-state index >= 15 is 0 Å². The van der Waals surface area contributed by atoms with Gasteiger partial charge in [-0.1, -0.05) is 6.07 Å². The SMILES string of the molecule is N#Cc1cccc(C(=O)NCCc2cocn2)c1. The summed E-state index contributed by atoms with van der Waals surface area (Å²) in [6, 6.07) is 8.58. The van der Waals surface area contributed by atoms with Crippen molar-refractivity contribution in [3.8, 4) is 6.07 Å². The van der Waals surface area contributed by atoms with E-state index in [1.165, 1.54) is 6.39 Å². The molecule has 0 fully saturated rings. The molecule has 2 rings (SSSR count). The lowest BCUT2D eigenvalue weighted by Crippen LogP contribution is -2.25. The molecule has 0 spiro atoms. The lowest BCUT2D eigenvalue weighted by molar-refractivity contribution is 0.0954. The van der Waals surface area contributed by atoms with Crippen LogP contribution in [0.4, 0.5) is 0 Å². The van der Waals surface area contributed by atoms with E-state index in [-0.39, 0.29) is 5.91 Å². The molecule has 0 saturated carbocycles. The monoisotopic (exact) mass is 241 g/mol. The van der Waals surface area contributed by atoms with Crippen LogP contribution in [0.2, 0.25) is 0 Å². The third-order valence-electron chi connectivity index (χ3n) is 2.40.